The van der Waals surface area contributed by atoms with E-state index in [0.29, 0.717) is 5.56 Å². The van der Waals surface area contributed by atoms with E-state index in [-0.39, 0.29) is 17.1 Å². The van der Waals surface area contributed by atoms with Gasteiger partial charge in [0.15, 0.2) is 0 Å². The Morgan fingerprint density at radius 1 is 1.29 bits per heavy atom. The summed E-state index contributed by atoms with van der Waals surface area (Å²) in [5, 5.41) is 22.9. The van der Waals surface area contributed by atoms with Crippen molar-refractivity contribution in [3.8, 4) is 5.75 Å². The molecule has 2 rings (SSSR count). The number of anilines is 1. The standard InChI is InChI=1S/C14H11BrN2O4/c1-8-4-9(6-10(15)5-8)14(19)16-12-7-11(17(20)21)2-3-13(12)18/h2-7,18H,1H3,(H,16,19). The largest absolute Gasteiger partial charge is 0.506 e. The van der Waals surface area contributed by atoms with Crippen LogP contribution >= 0.6 is 15.9 Å². The van der Waals surface area contributed by atoms with E-state index in [1.54, 1.807) is 12.1 Å². The molecule has 0 bridgehead atoms. The first-order valence-electron chi connectivity index (χ1n) is 5.93. The average molecular weight is 351 g/mol. The lowest BCUT2D eigenvalue weighted by atomic mass is 10.1. The predicted octanol–water partition coefficient (Wildman–Crippen LogP) is 3.62. The summed E-state index contributed by atoms with van der Waals surface area (Å²) >= 11 is 3.29. The summed E-state index contributed by atoms with van der Waals surface area (Å²) in [5.74, 6) is -0.698. The van der Waals surface area contributed by atoms with Gasteiger partial charge in [0, 0.05) is 22.2 Å². The molecule has 0 aromatic heterocycles. The second-order valence-corrected chi connectivity index (χ2v) is 5.35. The third-order valence-electron chi connectivity index (χ3n) is 2.74. The molecular formula is C14H11BrN2O4. The third kappa shape index (κ3) is 3.57. The molecule has 0 fully saturated rings. The number of carbonyl (C=O) groups is 1. The summed E-state index contributed by atoms with van der Waals surface area (Å²) in [6, 6.07) is 8.58. The molecule has 0 aliphatic rings. The van der Waals surface area contributed by atoms with Crippen molar-refractivity contribution in [2.24, 2.45) is 0 Å². The quantitative estimate of drug-likeness (QED) is 0.502. The molecule has 108 valence electrons. The smallest absolute Gasteiger partial charge is 0.271 e. The van der Waals surface area contributed by atoms with Crippen LogP contribution in [0.3, 0.4) is 0 Å². The number of hydrogen-bond donors (Lipinski definition) is 2. The Morgan fingerprint density at radius 3 is 2.62 bits per heavy atom. The number of nitrogens with zero attached hydrogens (tertiary/aromatic N) is 1. The number of carbonyl (C=O) groups excluding carboxylic acids is 1. The van der Waals surface area contributed by atoms with Crippen LogP contribution in [0.1, 0.15) is 15.9 Å². The Kier molecular flexibility index (Phi) is 4.23. The van der Waals surface area contributed by atoms with Crippen molar-refractivity contribution in [1.29, 1.82) is 0 Å². The molecule has 0 heterocycles. The van der Waals surface area contributed by atoms with Crippen LogP contribution < -0.4 is 5.32 Å². The molecule has 2 N–H and O–H groups in total. The molecule has 0 saturated heterocycles. The Bertz CT molecular complexity index is 711. The number of non-ortho nitro benzene ring substituents is 1. The zero-order chi connectivity index (χ0) is 15.6. The number of nitrogens with one attached hydrogen (secondary N) is 1. The Morgan fingerprint density at radius 2 is 2.00 bits per heavy atom. The number of hydrogen-bond acceptors (Lipinski definition) is 4. The molecule has 0 unspecified atom stereocenters. The van der Waals surface area contributed by atoms with E-state index in [9.17, 15) is 20.0 Å². The number of phenolic OH excluding ortho intramolecular Hbond substituents is 1. The second kappa shape index (κ2) is 5.92. The molecule has 7 heteroatoms. The van der Waals surface area contributed by atoms with Gasteiger partial charge in [-0.3, -0.25) is 14.9 Å². The summed E-state index contributed by atoms with van der Waals surface area (Å²) in [4.78, 5) is 22.3. The van der Waals surface area contributed by atoms with Crippen LogP contribution in [0.4, 0.5) is 11.4 Å². The van der Waals surface area contributed by atoms with Crippen LogP contribution in [0, 0.1) is 17.0 Å². The molecule has 1 amide bonds. The SMILES string of the molecule is Cc1cc(Br)cc(C(=O)Nc2cc([N+](=O)[O-])ccc2O)c1. The Hall–Kier alpha value is -2.41. The summed E-state index contributed by atoms with van der Waals surface area (Å²) < 4.78 is 0.746. The molecular weight excluding hydrogens is 340 g/mol. The van der Waals surface area contributed by atoms with Crippen molar-refractivity contribution in [3.05, 3.63) is 62.1 Å². The van der Waals surface area contributed by atoms with E-state index in [2.05, 4.69) is 21.2 Å². The van der Waals surface area contributed by atoms with E-state index in [1.807, 2.05) is 13.0 Å². The number of nitro benzene ring substituents is 1. The number of aryl methyl sites for hydroxylation is 1. The van der Waals surface area contributed by atoms with Crippen molar-refractivity contribution in [2.75, 3.05) is 5.32 Å². The maximum atomic E-state index is 12.1. The van der Waals surface area contributed by atoms with Gasteiger partial charge in [-0.2, -0.15) is 0 Å². The summed E-state index contributed by atoms with van der Waals surface area (Å²) in [6.07, 6.45) is 0. The van der Waals surface area contributed by atoms with Crippen LogP contribution in [0.25, 0.3) is 0 Å². The average Bonchev–Trinajstić information content (AvgIpc) is 2.39. The maximum absolute atomic E-state index is 12.1. The minimum Gasteiger partial charge on any atom is -0.506 e. The van der Waals surface area contributed by atoms with Crippen LogP contribution in [0.15, 0.2) is 40.9 Å². The van der Waals surface area contributed by atoms with Gasteiger partial charge in [-0.1, -0.05) is 15.9 Å². The van der Waals surface area contributed by atoms with Crippen molar-refractivity contribution in [1.82, 2.24) is 0 Å². The highest BCUT2D eigenvalue weighted by Crippen LogP contribution is 2.28. The lowest BCUT2D eigenvalue weighted by Gasteiger charge is -2.08. The third-order valence-corrected chi connectivity index (χ3v) is 3.20. The summed E-state index contributed by atoms with van der Waals surface area (Å²) in [7, 11) is 0. The van der Waals surface area contributed by atoms with Crippen LogP contribution in [0.5, 0.6) is 5.75 Å². The molecule has 0 saturated carbocycles. The highest BCUT2D eigenvalue weighted by molar-refractivity contribution is 9.10. The van der Waals surface area contributed by atoms with E-state index < -0.39 is 10.8 Å². The number of nitro groups is 1. The Labute approximate surface area is 128 Å². The van der Waals surface area contributed by atoms with Gasteiger partial charge in [0.25, 0.3) is 11.6 Å². The second-order valence-electron chi connectivity index (χ2n) is 4.43. The first-order chi connectivity index (χ1) is 9.86. The summed E-state index contributed by atoms with van der Waals surface area (Å²) in [6.45, 7) is 1.84. The lowest BCUT2D eigenvalue weighted by molar-refractivity contribution is -0.384. The minimum atomic E-state index is -0.599. The number of phenols is 1. The monoisotopic (exact) mass is 350 g/mol. The number of benzene rings is 2. The fraction of sp³-hybridized carbons (Fsp3) is 0.0714. The van der Waals surface area contributed by atoms with Gasteiger partial charge >= 0.3 is 0 Å². The summed E-state index contributed by atoms with van der Waals surface area (Å²) in [5.41, 5.74) is 1.05. The van der Waals surface area contributed by atoms with Gasteiger partial charge in [-0.15, -0.1) is 0 Å². The molecule has 0 radical (unpaired) electrons. The highest BCUT2D eigenvalue weighted by Gasteiger charge is 2.14. The van der Waals surface area contributed by atoms with Crippen LogP contribution in [-0.2, 0) is 0 Å². The fourth-order valence-corrected chi connectivity index (χ4v) is 2.41. The zero-order valence-corrected chi connectivity index (χ0v) is 12.5. The van der Waals surface area contributed by atoms with Gasteiger partial charge in [-0.05, 0) is 36.8 Å². The van der Waals surface area contributed by atoms with Crippen molar-refractivity contribution < 1.29 is 14.8 Å². The van der Waals surface area contributed by atoms with E-state index in [4.69, 9.17) is 0 Å². The van der Waals surface area contributed by atoms with E-state index >= 15 is 0 Å². The topological polar surface area (TPSA) is 92.5 Å². The fourth-order valence-electron chi connectivity index (χ4n) is 1.80. The van der Waals surface area contributed by atoms with Crippen molar-refractivity contribution in [3.63, 3.8) is 0 Å². The Balaban J connectivity index is 2.31. The molecule has 0 aliphatic carbocycles. The molecule has 6 nitrogen and oxygen atoms in total. The molecule has 0 aliphatic heterocycles. The first kappa shape index (κ1) is 15.0. The predicted molar refractivity (Wildman–Crippen MR) is 81.6 cm³/mol. The van der Waals surface area contributed by atoms with Crippen molar-refractivity contribution >= 4 is 33.2 Å². The van der Waals surface area contributed by atoms with Crippen LogP contribution in [-0.4, -0.2) is 15.9 Å². The highest BCUT2D eigenvalue weighted by atomic mass is 79.9. The minimum absolute atomic E-state index is 0.00757. The van der Waals surface area contributed by atoms with Crippen LogP contribution in [0.2, 0.25) is 0 Å². The van der Waals surface area contributed by atoms with Gasteiger partial charge in [-0.25, -0.2) is 0 Å². The molecule has 2 aromatic rings. The number of amides is 1. The van der Waals surface area contributed by atoms with Gasteiger partial charge in [0.1, 0.15) is 5.75 Å². The zero-order valence-electron chi connectivity index (χ0n) is 11.0. The lowest BCUT2D eigenvalue weighted by Crippen LogP contribution is -2.12. The van der Waals surface area contributed by atoms with Crippen molar-refractivity contribution in [2.45, 2.75) is 6.92 Å². The van der Waals surface area contributed by atoms with E-state index in [0.717, 1.165) is 22.2 Å². The number of rotatable bonds is 3. The number of aromatic hydroxyl groups is 1. The molecule has 2 aromatic carbocycles. The number of halogens is 1. The molecule has 0 atom stereocenters. The van der Waals surface area contributed by atoms with E-state index in [1.165, 1.54) is 6.07 Å². The normalized spacial score (nSPS) is 10.2. The first-order valence-corrected chi connectivity index (χ1v) is 6.72. The van der Waals surface area contributed by atoms with Gasteiger partial charge in [0.2, 0.25) is 0 Å². The molecule has 21 heavy (non-hydrogen) atoms. The van der Waals surface area contributed by atoms with Gasteiger partial charge < -0.3 is 10.4 Å². The van der Waals surface area contributed by atoms with Gasteiger partial charge in [0.05, 0.1) is 10.6 Å². The maximum Gasteiger partial charge on any atom is 0.271 e. The molecule has 0 spiro atoms.